The number of rotatable bonds is 4. The zero-order valence-corrected chi connectivity index (χ0v) is 9.08. The topological polar surface area (TPSA) is 49.9 Å². The zero-order valence-electron chi connectivity index (χ0n) is 9.08. The van der Waals surface area contributed by atoms with Crippen LogP contribution in [0.1, 0.15) is 5.69 Å². The molecule has 0 aliphatic heterocycles. The highest BCUT2D eigenvalue weighted by atomic mass is 19.3. The first-order valence-electron chi connectivity index (χ1n) is 4.97. The number of alkyl halides is 2. The normalized spacial score (nSPS) is 10.6. The average Bonchev–Trinajstić information content (AvgIpc) is 2.66. The Hall–Kier alpha value is -2.11. The molecule has 1 aromatic carbocycles. The summed E-state index contributed by atoms with van der Waals surface area (Å²) in [5, 5.41) is 3.00. The Labute approximate surface area is 96.6 Å². The van der Waals surface area contributed by atoms with Crippen LogP contribution in [0.3, 0.4) is 0 Å². The molecule has 17 heavy (non-hydrogen) atoms. The number of nitrogens with one attached hydrogen (secondary N) is 2. The molecule has 0 saturated heterocycles. The van der Waals surface area contributed by atoms with E-state index in [1.165, 1.54) is 12.1 Å². The monoisotopic (exact) mass is 239 g/mol. The molecule has 0 amide bonds. The van der Waals surface area contributed by atoms with Gasteiger partial charge in [-0.15, -0.1) is 0 Å². The third-order valence-corrected chi connectivity index (χ3v) is 2.05. The lowest BCUT2D eigenvalue weighted by molar-refractivity contribution is -0.0498. The van der Waals surface area contributed by atoms with Crippen molar-refractivity contribution in [2.45, 2.75) is 13.5 Å². The Kier molecular flexibility index (Phi) is 3.22. The molecule has 90 valence electrons. The molecule has 6 heteroatoms. The van der Waals surface area contributed by atoms with E-state index in [1.807, 2.05) is 6.92 Å². The molecular formula is C11H11F2N3O. The van der Waals surface area contributed by atoms with Gasteiger partial charge in [-0.25, -0.2) is 4.98 Å². The van der Waals surface area contributed by atoms with Crippen molar-refractivity contribution in [3.63, 3.8) is 0 Å². The van der Waals surface area contributed by atoms with Crippen molar-refractivity contribution in [1.82, 2.24) is 9.97 Å². The largest absolute Gasteiger partial charge is 0.435 e. The third-order valence-electron chi connectivity index (χ3n) is 2.05. The van der Waals surface area contributed by atoms with E-state index in [9.17, 15) is 8.78 Å². The molecule has 1 heterocycles. The second-order valence-corrected chi connectivity index (χ2v) is 3.44. The first kappa shape index (κ1) is 11.4. The van der Waals surface area contributed by atoms with Gasteiger partial charge in [0.05, 0.1) is 0 Å². The molecule has 0 spiro atoms. The quantitative estimate of drug-likeness (QED) is 0.862. The molecule has 0 fully saturated rings. The summed E-state index contributed by atoms with van der Waals surface area (Å²) >= 11 is 0. The van der Waals surface area contributed by atoms with Gasteiger partial charge >= 0.3 is 6.61 Å². The maximum absolute atomic E-state index is 11.9. The van der Waals surface area contributed by atoms with Crippen molar-refractivity contribution in [2.24, 2.45) is 0 Å². The molecular weight excluding hydrogens is 228 g/mol. The summed E-state index contributed by atoms with van der Waals surface area (Å²) in [5.74, 6) is 0.728. The fourth-order valence-electron chi connectivity index (χ4n) is 1.33. The number of aryl methyl sites for hydroxylation is 1. The molecule has 1 aromatic heterocycles. The third kappa shape index (κ3) is 3.17. The lowest BCUT2D eigenvalue weighted by Crippen LogP contribution is -2.01. The maximum Gasteiger partial charge on any atom is 0.387 e. The summed E-state index contributed by atoms with van der Waals surface area (Å²) in [4.78, 5) is 7.06. The fourth-order valence-corrected chi connectivity index (χ4v) is 1.33. The number of benzene rings is 1. The first-order chi connectivity index (χ1) is 8.13. The minimum Gasteiger partial charge on any atom is -0.435 e. The Morgan fingerprint density at radius 2 is 2.00 bits per heavy atom. The van der Waals surface area contributed by atoms with Crippen LogP contribution in [0.25, 0.3) is 0 Å². The number of H-pyrrole nitrogens is 1. The fraction of sp³-hybridized carbons (Fsp3) is 0.182. The molecule has 0 radical (unpaired) electrons. The Balaban J connectivity index is 2.03. The molecule has 2 N–H and O–H groups in total. The van der Waals surface area contributed by atoms with Crippen molar-refractivity contribution in [2.75, 3.05) is 5.32 Å². The van der Waals surface area contributed by atoms with Crippen LogP contribution in [0.5, 0.6) is 5.75 Å². The summed E-state index contributed by atoms with van der Waals surface area (Å²) in [6.07, 6.45) is 1.69. The number of hydrogen-bond acceptors (Lipinski definition) is 3. The molecule has 0 atom stereocenters. The van der Waals surface area contributed by atoms with Crippen LogP contribution in [0, 0.1) is 6.92 Å². The molecule has 0 aliphatic rings. The van der Waals surface area contributed by atoms with Crippen LogP contribution in [0.15, 0.2) is 30.5 Å². The number of halogens is 2. The number of ether oxygens (including phenoxy) is 1. The van der Waals surface area contributed by atoms with Crippen LogP contribution in [0.4, 0.5) is 20.4 Å². The summed E-state index contributed by atoms with van der Waals surface area (Å²) < 4.78 is 28.1. The number of aromatic amines is 1. The SMILES string of the molecule is Cc1cnc(Nc2ccc(OC(F)F)cc2)[nH]1. The lowest BCUT2D eigenvalue weighted by atomic mass is 10.3. The van der Waals surface area contributed by atoms with Crippen LogP contribution in [-0.2, 0) is 0 Å². The van der Waals surface area contributed by atoms with Crippen molar-refractivity contribution >= 4 is 11.6 Å². The van der Waals surface area contributed by atoms with Crippen molar-refractivity contribution in [3.05, 3.63) is 36.2 Å². The van der Waals surface area contributed by atoms with Crippen molar-refractivity contribution < 1.29 is 13.5 Å². The summed E-state index contributed by atoms with van der Waals surface area (Å²) in [7, 11) is 0. The molecule has 2 rings (SSSR count). The van der Waals surface area contributed by atoms with Gasteiger partial charge in [0.25, 0.3) is 0 Å². The van der Waals surface area contributed by atoms with E-state index in [2.05, 4.69) is 20.0 Å². The summed E-state index contributed by atoms with van der Waals surface area (Å²) in [6.45, 7) is -0.917. The van der Waals surface area contributed by atoms with E-state index in [0.29, 0.717) is 5.95 Å². The second kappa shape index (κ2) is 4.82. The van der Waals surface area contributed by atoms with E-state index in [4.69, 9.17) is 0 Å². The smallest absolute Gasteiger partial charge is 0.387 e. The summed E-state index contributed by atoms with van der Waals surface area (Å²) in [5.41, 5.74) is 1.67. The van der Waals surface area contributed by atoms with Crippen molar-refractivity contribution in [1.29, 1.82) is 0 Å². The van der Waals surface area contributed by atoms with Gasteiger partial charge < -0.3 is 15.0 Å². The van der Waals surface area contributed by atoms with Gasteiger partial charge in [0.2, 0.25) is 5.95 Å². The number of hydrogen-bond donors (Lipinski definition) is 2. The lowest BCUT2D eigenvalue weighted by Gasteiger charge is -2.06. The van der Waals surface area contributed by atoms with Gasteiger partial charge in [0.1, 0.15) is 5.75 Å². The van der Waals surface area contributed by atoms with E-state index in [0.717, 1.165) is 11.4 Å². The maximum atomic E-state index is 11.9. The van der Waals surface area contributed by atoms with Crippen molar-refractivity contribution in [3.8, 4) is 5.75 Å². The highest BCUT2D eigenvalue weighted by molar-refractivity contribution is 5.54. The van der Waals surface area contributed by atoms with Crippen LogP contribution in [-0.4, -0.2) is 16.6 Å². The van der Waals surface area contributed by atoms with Crippen LogP contribution >= 0.6 is 0 Å². The minimum absolute atomic E-state index is 0.126. The van der Waals surface area contributed by atoms with Gasteiger partial charge in [-0.3, -0.25) is 0 Å². The highest BCUT2D eigenvalue weighted by Crippen LogP contribution is 2.19. The second-order valence-electron chi connectivity index (χ2n) is 3.44. The first-order valence-corrected chi connectivity index (χ1v) is 4.97. The standard InChI is InChI=1S/C11H11F2N3O/c1-7-6-14-11(15-7)16-8-2-4-9(5-3-8)17-10(12)13/h2-6,10H,1H3,(H2,14,15,16). The average molecular weight is 239 g/mol. The Bertz CT molecular complexity index is 482. The Morgan fingerprint density at radius 3 is 2.53 bits per heavy atom. The number of imidazole rings is 1. The van der Waals surface area contributed by atoms with Crippen LogP contribution < -0.4 is 10.1 Å². The van der Waals surface area contributed by atoms with Gasteiger partial charge in [0.15, 0.2) is 0 Å². The molecule has 4 nitrogen and oxygen atoms in total. The molecule has 0 saturated carbocycles. The van der Waals surface area contributed by atoms with Gasteiger partial charge in [-0.2, -0.15) is 8.78 Å². The predicted molar refractivity (Wildman–Crippen MR) is 59.7 cm³/mol. The molecule has 0 aliphatic carbocycles. The number of anilines is 2. The minimum atomic E-state index is -2.80. The van der Waals surface area contributed by atoms with Gasteiger partial charge in [-0.05, 0) is 31.2 Å². The van der Waals surface area contributed by atoms with E-state index >= 15 is 0 Å². The number of aromatic nitrogens is 2. The van der Waals surface area contributed by atoms with E-state index in [1.54, 1.807) is 18.3 Å². The molecule has 0 unspecified atom stereocenters. The van der Waals surface area contributed by atoms with E-state index < -0.39 is 6.61 Å². The van der Waals surface area contributed by atoms with Gasteiger partial charge in [0, 0.05) is 17.6 Å². The number of nitrogens with zero attached hydrogens (tertiary/aromatic N) is 1. The molecule has 2 aromatic rings. The van der Waals surface area contributed by atoms with E-state index in [-0.39, 0.29) is 5.75 Å². The van der Waals surface area contributed by atoms with Gasteiger partial charge in [-0.1, -0.05) is 0 Å². The summed E-state index contributed by atoms with van der Waals surface area (Å²) in [6, 6.07) is 6.19. The predicted octanol–water partition coefficient (Wildman–Crippen LogP) is 3.06. The van der Waals surface area contributed by atoms with Crippen LogP contribution in [0.2, 0.25) is 0 Å². The zero-order chi connectivity index (χ0) is 12.3. The Morgan fingerprint density at radius 1 is 1.29 bits per heavy atom. The molecule has 0 bridgehead atoms. The highest BCUT2D eigenvalue weighted by Gasteiger charge is 2.04.